The summed E-state index contributed by atoms with van der Waals surface area (Å²) >= 11 is 0. The fraction of sp³-hybridized carbons (Fsp3) is 0.111. The number of fused-ring (bicyclic) bond motifs is 4. The van der Waals surface area contributed by atoms with Gasteiger partial charge in [0.2, 0.25) is 5.43 Å². The summed E-state index contributed by atoms with van der Waals surface area (Å²) < 4.78 is 17.3. The van der Waals surface area contributed by atoms with Crippen LogP contribution in [0.15, 0.2) is 75.6 Å². The fourth-order valence-corrected chi connectivity index (χ4v) is 4.62. The Kier molecular flexibility index (Phi) is 4.45. The predicted octanol–water partition coefficient (Wildman–Crippen LogP) is 4.74. The van der Waals surface area contributed by atoms with Crippen LogP contribution in [0.4, 0.5) is 0 Å². The number of aromatic hydroxyl groups is 2. The maximum Gasteiger partial charge on any atom is 0.312 e. The fourth-order valence-electron chi connectivity index (χ4n) is 4.62. The molecule has 3 heterocycles. The van der Waals surface area contributed by atoms with Crippen LogP contribution < -0.4 is 14.9 Å². The lowest BCUT2D eigenvalue weighted by atomic mass is 9.83. The van der Waals surface area contributed by atoms with Gasteiger partial charge >= 0.3 is 5.97 Å². The third-order valence-corrected chi connectivity index (χ3v) is 6.25. The lowest BCUT2D eigenvalue weighted by Gasteiger charge is -2.29. The first kappa shape index (κ1) is 20.1. The molecule has 6 rings (SSSR count). The largest absolute Gasteiger partial charge is 0.508 e. The van der Waals surface area contributed by atoms with Gasteiger partial charge < -0.3 is 24.1 Å². The molecule has 7 heteroatoms. The van der Waals surface area contributed by atoms with Crippen LogP contribution in [0.3, 0.4) is 0 Å². The molecule has 2 aliphatic rings. The monoisotopic (exact) mass is 454 g/mol. The summed E-state index contributed by atoms with van der Waals surface area (Å²) in [6, 6.07) is 15.0. The Labute approximate surface area is 193 Å². The summed E-state index contributed by atoms with van der Waals surface area (Å²) in [7, 11) is 0. The molecule has 7 nitrogen and oxygen atoms in total. The van der Waals surface area contributed by atoms with E-state index in [1.165, 1.54) is 24.5 Å². The molecule has 3 aromatic carbocycles. The Morgan fingerprint density at radius 1 is 0.941 bits per heavy atom. The molecule has 4 aromatic rings. The Morgan fingerprint density at radius 2 is 1.74 bits per heavy atom. The zero-order valence-electron chi connectivity index (χ0n) is 17.8. The summed E-state index contributed by atoms with van der Waals surface area (Å²) in [6.07, 6.45) is 3.35. The van der Waals surface area contributed by atoms with Gasteiger partial charge in [-0.15, -0.1) is 0 Å². The van der Waals surface area contributed by atoms with Crippen LogP contribution >= 0.6 is 0 Å². The standard InChI is InChI=1S/C27H18O7/c28-17-7-5-14(6-8-17)19-13-33-27-24-18(16-9-15-3-1-2-4-21(15)32-12-16)10-23(30)34-22(24)11-20(29)25(27)26(19)31/h1-9,11,13,18,28-29H,10,12H2/t18-/m1/s1. The van der Waals surface area contributed by atoms with E-state index in [9.17, 15) is 19.8 Å². The van der Waals surface area contributed by atoms with Crippen molar-refractivity contribution in [2.45, 2.75) is 12.3 Å². The van der Waals surface area contributed by atoms with Crippen molar-refractivity contribution < 1.29 is 28.9 Å². The number of para-hydroxylation sites is 1. The molecule has 34 heavy (non-hydrogen) atoms. The third-order valence-electron chi connectivity index (χ3n) is 6.25. The second kappa shape index (κ2) is 7.52. The van der Waals surface area contributed by atoms with Crippen LogP contribution in [0.5, 0.6) is 23.0 Å². The Balaban J connectivity index is 1.56. The van der Waals surface area contributed by atoms with Crippen LogP contribution in [0.1, 0.15) is 23.5 Å². The van der Waals surface area contributed by atoms with Crippen molar-refractivity contribution in [3.8, 4) is 34.1 Å². The smallest absolute Gasteiger partial charge is 0.312 e. The number of ether oxygens (including phenoxy) is 2. The van der Waals surface area contributed by atoms with E-state index in [0.29, 0.717) is 11.1 Å². The van der Waals surface area contributed by atoms with E-state index in [0.717, 1.165) is 16.9 Å². The molecular formula is C27H18O7. The second-order valence-corrected chi connectivity index (χ2v) is 8.31. The van der Waals surface area contributed by atoms with Crippen LogP contribution in [-0.2, 0) is 4.79 Å². The topological polar surface area (TPSA) is 106 Å². The van der Waals surface area contributed by atoms with Gasteiger partial charge in [-0.05, 0) is 35.4 Å². The predicted molar refractivity (Wildman–Crippen MR) is 124 cm³/mol. The van der Waals surface area contributed by atoms with E-state index in [2.05, 4.69) is 0 Å². The molecule has 2 aliphatic heterocycles. The van der Waals surface area contributed by atoms with Crippen LogP contribution in [0.25, 0.3) is 28.2 Å². The molecule has 1 atom stereocenters. The summed E-state index contributed by atoms with van der Waals surface area (Å²) in [5.41, 5.74) is 2.77. The van der Waals surface area contributed by atoms with E-state index in [4.69, 9.17) is 13.9 Å². The third kappa shape index (κ3) is 3.13. The van der Waals surface area contributed by atoms with Crippen molar-refractivity contribution >= 4 is 23.0 Å². The maximum absolute atomic E-state index is 13.4. The molecule has 0 saturated heterocycles. The number of phenols is 2. The van der Waals surface area contributed by atoms with E-state index < -0.39 is 17.3 Å². The highest BCUT2D eigenvalue weighted by atomic mass is 16.5. The van der Waals surface area contributed by atoms with Gasteiger partial charge in [0.15, 0.2) is 0 Å². The van der Waals surface area contributed by atoms with Crippen LogP contribution in [-0.4, -0.2) is 22.8 Å². The van der Waals surface area contributed by atoms with Gasteiger partial charge in [-0.1, -0.05) is 30.3 Å². The molecule has 0 aliphatic carbocycles. The Bertz CT molecular complexity index is 1560. The minimum atomic E-state index is -0.449. The molecule has 1 aromatic heterocycles. The number of carbonyl (C=O) groups is 1. The molecule has 168 valence electrons. The van der Waals surface area contributed by atoms with Crippen molar-refractivity contribution in [3.63, 3.8) is 0 Å². The maximum atomic E-state index is 13.4. The van der Waals surface area contributed by atoms with Crippen molar-refractivity contribution in [1.29, 1.82) is 0 Å². The molecule has 0 bridgehead atoms. The van der Waals surface area contributed by atoms with E-state index in [-0.39, 0.29) is 46.8 Å². The quantitative estimate of drug-likeness (QED) is 0.333. The molecule has 0 radical (unpaired) electrons. The zero-order valence-corrected chi connectivity index (χ0v) is 17.8. The van der Waals surface area contributed by atoms with Gasteiger partial charge in [-0.3, -0.25) is 9.59 Å². The first-order chi connectivity index (χ1) is 16.5. The number of esters is 1. The van der Waals surface area contributed by atoms with E-state index in [1.807, 2.05) is 30.3 Å². The lowest BCUT2D eigenvalue weighted by molar-refractivity contribution is -0.135. The van der Waals surface area contributed by atoms with Crippen LogP contribution in [0, 0.1) is 0 Å². The van der Waals surface area contributed by atoms with Crippen molar-refractivity contribution in [3.05, 3.63) is 87.8 Å². The average molecular weight is 454 g/mol. The highest BCUT2D eigenvalue weighted by Crippen LogP contribution is 2.47. The minimum Gasteiger partial charge on any atom is -0.508 e. The van der Waals surface area contributed by atoms with Crippen molar-refractivity contribution in [2.24, 2.45) is 0 Å². The highest BCUT2D eigenvalue weighted by molar-refractivity contribution is 5.94. The molecule has 0 spiro atoms. The summed E-state index contributed by atoms with van der Waals surface area (Å²) in [5, 5.41) is 20.3. The number of phenolic OH excluding ortho intramolecular Hbond substituents is 2. The normalized spacial score (nSPS) is 16.8. The molecule has 0 unspecified atom stereocenters. The highest BCUT2D eigenvalue weighted by Gasteiger charge is 2.35. The van der Waals surface area contributed by atoms with Gasteiger partial charge in [-0.25, -0.2) is 0 Å². The number of hydrogen-bond donors (Lipinski definition) is 2. The summed E-state index contributed by atoms with van der Waals surface area (Å²) in [5.74, 6) is -0.248. The number of carbonyl (C=O) groups excluding carboxylic acids is 1. The molecule has 0 saturated carbocycles. The Hall–Kier alpha value is -4.52. The van der Waals surface area contributed by atoms with Gasteiger partial charge in [0, 0.05) is 23.1 Å². The number of hydrogen-bond acceptors (Lipinski definition) is 7. The molecule has 0 amide bonds. The zero-order chi connectivity index (χ0) is 23.4. The lowest BCUT2D eigenvalue weighted by Crippen LogP contribution is -2.25. The molecule has 0 fully saturated rings. The average Bonchev–Trinajstić information content (AvgIpc) is 2.84. The van der Waals surface area contributed by atoms with Crippen LogP contribution in [0.2, 0.25) is 0 Å². The van der Waals surface area contributed by atoms with Gasteiger partial charge in [0.25, 0.3) is 0 Å². The Morgan fingerprint density at radius 3 is 2.56 bits per heavy atom. The van der Waals surface area contributed by atoms with E-state index in [1.54, 1.807) is 12.1 Å². The first-order valence-electron chi connectivity index (χ1n) is 10.7. The van der Waals surface area contributed by atoms with Gasteiger partial charge in [0.05, 0.1) is 12.0 Å². The van der Waals surface area contributed by atoms with Gasteiger partial charge in [-0.2, -0.15) is 0 Å². The number of rotatable bonds is 2. The second-order valence-electron chi connectivity index (χ2n) is 8.31. The van der Waals surface area contributed by atoms with Gasteiger partial charge in [0.1, 0.15) is 46.8 Å². The summed E-state index contributed by atoms with van der Waals surface area (Å²) in [4.78, 5) is 25.8. The number of benzene rings is 3. The van der Waals surface area contributed by atoms with E-state index >= 15 is 0 Å². The van der Waals surface area contributed by atoms with Crippen molar-refractivity contribution in [1.82, 2.24) is 0 Å². The molecule has 2 N–H and O–H groups in total. The first-order valence-corrected chi connectivity index (χ1v) is 10.7. The minimum absolute atomic E-state index is 0.00463. The molecular weight excluding hydrogens is 436 g/mol. The van der Waals surface area contributed by atoms with Crippen molar-refractivity contribution in [2.75, 3.05) is 6.61 Å². The SMILES string of the molecule is O=C1C[C@H](C2=Cc3ccccc3OC2)c2c(cc(O)c3c(=O)c(-c4ccc(O)cc4)coc23)O1. The summed E-state index contributed by atoms with van der Waals surface area (Å²) in [6.45, 7) is 0.270.